The largest absolute Gasteiger partial charge is 0.497 e. The number of hydrogen-bond donors (Lipinski definition) is 1. The molecule has 0 unspecified atom stereocenters. The minimum atomic E-state index is -0.940. The van der Waals surface area contributed by atoms with E-state index in [1.807, 2.05) is 60.7 Å². The fourth-order valence-corrected chi connectivity index (χ4v) is 5.09. The van der Waals surface area contributed by atoms with Crippen LogP contribution in [-0.4, -0.2) is 50.2 Å². The number of rotatable bonds is 12. The molecule has 1 aliphatic heterocycles. The molecule has 0 aromatic heterocycles. The van der Waals surface area contributed by atoms with Crippen LogP contribution in [0.4, 0.5) is 10.1 Å². The first-order valence-corrected chi connectivity index (χ1v) is 14.0. The summed E-state index contributed by atoms with van der Waals surface area (Å²) in [5.41, 5.74) is 3.97. The molecule has 1 N–H and O–H groups in total. The van der Waals surface area contributed by atoms with Crippen LogP contribution in [0, 0.1) is 5.82 Å². The van der Waals surface area contributed by atoms with Crippen molar-refractivity contribution in [2.45, 2.75) is 19.1 Å². The lowest BCUT2D eigenvalue weighted by molar-refractivity contribution is -0.139. The van der Waals surface area contributed by atoms with Gasteiger partial charge in [-0.3, -0.25) is 9.59 Å². The average Bonchev–Trinajstić information content (AvgIpc) is 3.43. The molecule has 1 heterocycles. The van der Waals surface area contributed by atoms with Gasteiger partial charge in [0.25, 0.3) is 11.8 Å². The van der Waals surface area contributed by atoms with Crippen molar-refractivity contribution in [3.63, 3.8) is 0 Å². The van der Waals surface area contributed by atoms with E-state index >= 15 is 0 Å². The highest BCUT2D eigenvalue weighted by atomic mass is 19.1. The minimum Gasteiger partial charge on any atom is -0.497 e. The van der Waals surface area contributed by atoms with Crippen LogP contribution in [0.25, 0.3) is 0 Å². The van der Waals surface area contributed by atoms with E-state index in [1.54, 1.807) is 41.3 Å². The molecule has 216 valence electrons. The number of ether oxygens (including phenoxy) is 2. The summed E-state index contributed by atoms with van der Waals surface area (Å²) in [6, 6.07) is 29.6. The quantitative estimate of drug-likeness (QED) is 0.233. The summed E-state index contributed by atoms with van der Waals surface area (Å²) in [4.78, 5) is 31.3. The average molecular weight is 568 g/mol. The first kappa shape index (κ1) is 28.8. The lowest BCUT2D eigenvalue weighted by Crippen LogP contribution is -2.46. The van der Waals surface area contributed by atoms with Crippen LogP contribution in [-0.2, 0) is 22.6 Å². The van der Waals surface area contributed by atoms with Gasteiger partial charge >= 0.3 is 0 Å². The van der Waals surface area contributed by atoms with E-state index in [1.165, 1.54) is 13.2 Å². The Bertz CT molecular complexity index is 1500. The maximum atomic E-state index is 14.2. The Balaban J connectivity index is 1.37. The van der Waals surface area contributed by atoms with E-state index in [2.05, 4.69) is 10.2 Å². The zero-order valence-corrected chi connectivity index (χ0v) is 23.5. The Labute approximate surface area is 245 Å². The third-order valence-corrected chi connectivity index (χ3v) is 7.33. The number of carbonyl (C=O) groups excluding carboxylic acids is 2. The smallest absolute Gasteiger partial charge is 0.252 e. The molecule has 1 atom stereocenters. The van der Waals surface area contributed by atoms with E-state index in [4.69, 9.17) is 9.47 Å². The van der Waals surface area contributed by atoms with Gasteiger partial charge < -0.3 is 24.6 Å². The highest BCUT2D eigenvalue weighted by Gasteiger charge is 2.29. The molecule has 0 spiro atoms. The van der Waals surface area contributed by atoms with Gasteiger partial charge in [-0.05, 0) is 59.5 Å². The van der Waals surface area contributed by atoms with Gasteiger partial charge in [-0.2, -0.15) is 0 Å². The van der Waals surface area contributed by atoms with Crippen molar-refractivity contribution in [2.75, 3.05) is 38.4 Å². The highest BCUT2D eigenvalue weighted by molar-refractivity contribution is 5.98. The van der Waals surface area contributed by atoms with Crippen molar-refractivity contribution in [1.29, 1.82) is 0 Å². The Morgan fingerprint density at radius 2 is 1.71 bits per heavy atom. The molecule has 0 aliphatic carbocycles. The second kappa shape index (κ2) is 13.8. The SMILES string of the molecule is COc1cccc(C(=O)N[C@H](C(=O)N(CCN2CCc3cc(F)ccc32)COCc2ccccc2)c2ccccc2)c1. The summed E-state index contributed by atoms with van der Waals surface area (Å²) in [7, 11) is 1.54. The molecule has 0 radical (unpaired) electrons. The molecule has 0 bridgehead atoms. The molecule has 7 nitrogen and oxygen atoms in total. The van der Waals surface area contributed by atoms with Crippen molar-refractivity contribution in [3.8, 4) is 5.75 Å². The number of nitrogens with zero attached hydrogens (tertiary/aromatic N) is 2. The lowest BCUT2D eigenvalue weighted by Gasteiger charge is -2.30. The second-order valence-corrected chi connectivity index (χ2v) is 10.1. The minimum absolute atomic E-state index is 0.0379. The standard InChI is InChI=1S/C34H34FN3O4/c1-41-30-14-8-13-28(22-30)33(39)36-32(26-11-6-3-7-12-26)34(40)38(24-42-23-25-9-4-2-5-10-25)20-19-37-18-17-27-21-29(35)15-16-31(27)37/h2-16,21-22,32H,17-20,23-24H2,1H3,(H,36,39)/t32-/m0/s1. The Kier molecular flexibility index (Phi) is 9.46. The Hall–Kier alpha value is -4.69. The molecule has 42 heavy (non-hydrogen) atoms. The molecular formula is C34H34FN3O4. The number of benzene rings is 4. The molecule has 8 heteroatoms. The fraction of sp³-hybridized carbons (Fsp3) is 0.235. The van der Waals surface area contributed by atoms with Crippen molar-refractivity contribution in [3.05, 3.63) is 131 Å². The number of carbonyl (C=O) groups is 2. The molecule has 4 aromatic carbocycles. The van der Waals surface area contributed by atoms with Crippen LogP contribution in [0.2, 0.25) is 0 Å². The summed E-state index contributed by atoms with van der Waals surface area (Å²) in [5, 5.41) is 2.94. The van der Waals surface area contributed by atoms with Gasteiger partial charge in [-0.1, -0.05) is 66.7 Å². The topological polar surface area (TPSA) is 71.1 Å². The molecule has 0 fully saturated rings. The van der Waals surface area contributed by atoms with Gasteiger partial charge in [0.1, 0.15) is 24.3 Å². The summed E-state index contributed by atoms with van der Waals surface area (Å²) >= 11 is 0. The van der Waals surface area contributed by atoms with Crippen LogP contribution in [0.5, 0.6) is 5.75 Å². The Morgan fingerprint density at radius 1 is 0.952 bits per heavy atom. The Morgan fingerprint density at radius 3 is 2.48 bits per heavy atom. The molecule has 5 rings (SSSR count). The van der Waals surface area contributed by atoms with Crippen molar-refractivity contribution >= 4 is 17.5 Å². The van der Waals surface area contributed by atoms with Crippen molar-refractivity contribution in [1.82, 2.24) is 10.2 Å². The number of halogens is 1. The van der Waals surface area contributed by atoms with Crippen LogP contribution < -0.4 is 15.0 Å². The number of fused-ring (bicyclic) bond motifs is 1. The monoisotopic (exact) mass is 567 g/mol. The van der Waals surface area contributed by atoms with E-state index in [0.717, 1.165) is 29.8 Å². The molecule has 2 amide bonds. The first-order chi connectivity index (χ1) is 20.5. The lowest BCUT2D eigenvalue weighted by atomic mass is 10.0. The van der Waals surface area contributed by atoms with Gasteiger partial charge in [-0.25, -0.2) is 4.39 Å². The zero-order chi connectivity index (χ0) is 29.3. The van der Waals surface area contributed by atoms with E-state index in [0.29, 0.717) is 36.6 Å². The third-order valence-electron chi connectivity index (χ3n) is 7.33. The normalized spacial score (nSPS) is 12.9. The van der Waals surface area contributed by atoms with Gasteiger partial charge in [0.15, 0.2) is 0 Å². The maximum Gasteiger partial charge on any atom is 0.252 e. The number of hydrogen-bond acceptors (Lipinski definition) is 5. The van der Waals surface area contributed by atoms with Gasteiger partial charge in [0.05, 0.1) is 13.7 Å². The van der Waals surface area contributed by atoms with E-state index < -0.39 is 11.9 Å². The number of nitrogens with one attached hydrogen (secondary N) is 1. The molecule has 0 saturated carbocycles. The highest BCUT2D eigenvalue weighted by Crippen LogP contribution is 2.28. The van der Waals surface area contributed by atoms with E-state index in [9.17, 15) is 14.0 Å². The maximum absolute atomic E-state index is 14.2. The van der Waals surface area contributed by atoms with Crippen LogP contribution in [0.15, 0.2) is 103 Å². The van der Waals surface area contributed by atoms with Gasteiger partial charge in [0, 0.05) is 30.9 Å². The van der Waals surface area contributed by atoms with E-state index in [-0.39, 0.29) is 18.5 Å². The van der Waals surface area contributed by atoms with Crippen LogP contribution in [0.1, 0.15) is 33.1 Å². The van der Waals surface area contributed by atoms with Crippen LogP contribution in [0.3, 0.4) is 0 Å². The van der Waals surface area contributed by atoms with Gasteiger partial charge in [0.2, 0.25) is 0 Å². The number of methoxy groups -OCH3 is 1. The summed E-state index contributed by atoms with van der Waals surface area (Å²) in [5.74, 6) is -0.382. The fourth-order valence-electron chi connectivity index (χ4n) is 5.09. The molecular weight excluding hydrogens is 533 g/mol. The number of amides is 2. The molecule has 0 saturated heterocycles. The number of anilines is 1. The predicted octanol–water partition coefficient (Wildman–Crippen LogP) is 5.37. The zero-order valence-electron chi connectivity index (χ0n) is 23.5. The first-order valence-electron chi connectivity index (χ1n) is 14.0. The summed E-state index contributed by atoms with van der Waals surface area (Å²) < 4.78 is 25.1. The van der Waals surface area contributed by atoms with Gasteiger partial charge in [-0.15, -0.1) is 0 Å². The molecule has 1 aliphatic rings. The summed E-state index contributed by atoms with van der Waals surface area (Å²) in [6.45, 7) is 1.99. The third kappa shape index (κ3) is 7.14. The van der Waals surface area contributed by atoms with Crippen LogP contribution >= 0.6 is 0 Å². The van der Waals surface area contributed by atoms with Crippen molar-refractivity contribution in [2.24, 2.45) is 0 Å². The second-order valence-electron chi connectivity index (χ2n) is 10.1. The molecule has 4 aromatic rings. The summed E-state index contributed by atoms with van der Waals surface area (Å²) in [6.07, 6.45) is 0.745. The van der Waals surface area contributed by atoms with Crippen molar-refractivity contribution < 1.29 is 23.5 Å². The predicted molar refractivity (Wildman–Crippen MR) is 160 cm³/mol.